The predicted molar refractivity (Wildman–Crippen MR) is 46.6 cm³/mol. The molecule has 0 rings (SSSR count). The lowest BCUT2D eigenvalue weighted by Gasteiger charge is -2.34. The van der Waals surface area contributed by atoms with Crippen molar-refractivity contribution in [2.45, 2.75) is 29.1 Å². The molecule has 114 valence electrons. The van der Waals surface area contributed by atoms with Crippen LogP contribution in [0.25, 0.3) is 0 Å². The van der Waals surface area contributed by atoms with E-state index in [1.807, 2.05) is 0 Å². The first-order chi connectivity index (χ1) is 8.08. The van der Waals surface area contributed by atoms with Crippen LogP contribution in [-0.2, 0) is 4.74 Å². The van der Waals surface area contributed by atoms with Gasteiger partial charge < -0.3 is 5.73 Å². The van der Waals surface area contributed by atoms with Crippen LogP contribution >= 0.6 is 15.9 Å². The number of halogens is 10. The summed E-state index contributed by atoms with van der Waals surface area (Å²) in [5, 5.41) is 6.22. The SMILES string of the molecule is N=C(N)C(F)OC(F)(F)C(F)(F)C(F)(F)C(F)(F)Br. The Balaban J connectivity index is 5.45. The average molecular weight is 371 g/mol. The molecule has 0 aliphatic carbocycles. The molecule has 0 amide bonds. The van der Waals surface area contributed by atoms with Gasteiger partial charge in [0.05, 0.1) is 0 Å². The van der Waals surface area contributed by atoms with Crippen molar-refractivity contribution in [1.82, 2.24) is 0 Å². The monoisotopic (exact) mass is 370 g/mol. The zero-order valence-electron chi connectivity index (χ0n) is 8.34. The van der Waals surface area contributed by atoms with Gasteiger partial charge in [-0.1, -0.05) is 0 Å². The third-order valence-corrected chi connectivity index (χ3v) is 2.11. The fourth-order valence-corrected chi connectivity index (χ4v) is 0.877. The van der Waals surface area contributed by atoms with Crippen molar-refractivity contribution >= 4 is 21.8 Å². The van der Waals surface area contributed by atoms with Crippen LogP contribution in [0.2, 0.25) is 0 Å². The van der Waals surface area contributed by atoms with Gasteiger partial charge in [-0.15, -0.1) is 0 Å². The van der Waals surface area contributed by atoms with Crippen LogP contribution in [0.5, 0.6) is 0 Å². The van der Waals surface area contributed by atoms with Crippen molar-refractivity contribution in [3.63, 3.8) is 0 Å². The second kappa shape index (κ2) is 5.00. The van der Waals surface area contributed by atoms with E-state index in [0.717, 1.165) is 15.9 Å². The number of rotatable bonds is 6. The second-order valence-electron chi connectivity index (χ2n) is 3.05. The summed E-state index contributed by atoms with van der Waals surface area (Å²) in [5.74, 6) is -15.2. The van der Waals surface area contributed by atoms with Gasteiger partial charge in [0.15, 0.2) is 5.84 Å². The molecule has 0 saturated carbocycles. The highest BCUT2D eigenvalue weighted by atomic mass is 79.9. The van der Waals surface area contributed by atoms with E-state index in [4.69, 9.17) is 5.41 Å². The van der Waals surface area contributed by atoms with E-state index in [1.165, 1.54) is 0 Å². The number of alkyl halides is 10. The summed E-state index contributed by atoms with van der Waals surface area (Å²) in [5.41, 5.74) is 4.24. The maximum Gasteiger partial charge on any atom is 0.428 e. The van der Waals surface area contributed by atoms with E-state index in [0.29, 0.717) is 0 Å². The average Bonchev–Trinajstić information content (AvgIpc) is 2.14. The molecule has 0 spiro atoms. The third kappa shape index (κ3) is 3.24. The standard InChI is InChI=1S/C6H4BrF9N2O/c7-5(13,14)3(9,10)4(11,12)6(15,16)19-1(8)2(17)18/h1H,(H3,17,18). The largest absolute Gasteiger partial charge is 0.428 e. The lowest BCUT2D eigenvalue weighted by Crippen LogP contribution is -2.62. The minimum atomic E-state index is -6.78. The summed E-state index contributed by atoms with van der Waals surface area (Å²) < 4.78 is 115. The topological polar surface area (TPSA) is 59.1 Å². The van der Waals surface area contributed by atoms with Crippen molar-refractivity contribution in [3.8, 4) is 0 Å². The van der Waals surface area contributed by atoms with Crippen LogP contribution in [0.3, 0.4) is 0 Å². The van der Waals surface area contributed by atoms with Crippen molar-refractivity contribution in [3.05, 3.63) is 0 Å². The lowest BCUT2D eigenvalue weighted by molar-refractivity contribution is -0.426. The molecule has 0 aliphatic heterocycles. The summed E-state index contributed by atoms with van der Waals surface area (Å²) in [6.45, 7) is 0. The molecule has 0 aliphatic rings. The van der Waals surface area contributed by atoms with Crippen molar-refractivity contribution in [2.75, 3.05) is 0 Å². The summed E-state index contributed by atoms with van der Waals surface area (Å²) in [4.78, 5) is -5.72. The van der Waals surface area contributed by atoms with Gasteiger partial charge in [0.25, 0.3) is 6.36 Å². The van der Waals surface area contributed by atoms with E-state index in [1.54, 1.807) is 0 Å². The maximum absolute atomic E-state index is 12.7. The van der Waals surface area contributed by atoms with Gasteiger partial charge in [-0.25, -0.2) is 4.39 Å². The van der Waals surface area contributed by atoms with Crippen LogP contribution in [0.4, 0.5) is 39.5 Å². The highest BCUT2D eigenvalue weighted by molar-refractivity contribution is 9.10. The lowest BCUT2D eigenvalue weighted by atomic mass is 10.1. The molecule has 0 bridgehead atoms. The number of hydrogen-bond donors (Lipinski definition) is 2. The number of nitrogens with two attached hydrogens (primary N) is 1. The Hall–Kier alpha value is -0.720. The summed E-state index contributed by atoms with van der Waals surface area (Å²) in [6.07, 6.45) is -10.0. The first-order valence-corrected chi connectivity index (χ1v) is 4.73. The van der Waals surface area contributed by atoms with Gasteiger partial charge in [-0.3, -0.25) is 10.1 Å². The molecule has 0 aromatic carbocycles. The van der Waals surface area contributed by atoms with Crippen LogP contribution in [0.1, 0.15) is 0 Å². The van der Waals surface area contributed by atoms with Gasteiger partial charge in [-0.2, -0.15) is 35.1 Å². The van der Waals surface area contributed by atoms with Gasteiger partial charge in [0, 0.05) is 0 Å². The molecule has 3 nitrogen and oxygen atoms in total. The molecule has 0 radical (unpaired) electrons. The van der Waals surface area contributed by atoms with Gasteiger partial charge in [-0.05, 0) is 15.9 Å². The molecule has 0 aromatic heterocycles. The van der Waals surface area contributed by atoms with Crippen LogP contribution in [0, 0.1) is 5.41 Å². The minimum Gasteiger partial charge on any atom is -0.383 e. The molecule has 3 N–H and O–H groups in total. The quantitative estimate of drug-likeness (QED) is 0.326. The molecule has 19 heavy (non-hydrogen) atoms. The summed E-state index contributed by atoms with van der Waals surface area (Å²) in [6, 6.07) is 0. The highest BCUT2D eigenvalue weighted by Gasteiger charge is 2.81. The minimum absolute atomic E-state index is 0.811. The Kier molecular flexibility index (Phi) is 4.81. The van der Waals surface area contributed by atoms with Gasteiger partial charge >= 0.3 is 22.8 Å². The van der Waals surface area contributed by atoms with Crippen LogP contribution in [-0.4, -0.2) is 35.0 Å². The second-order valence-corrected chi connectivity index (χ2v) is 4.05. The number of amidine groups is 1. The van der Waals surface area contributed by atoms with Gasteiger partial charge in [0.2, 0.25) is 0 Å². The number of nitrogens with one attached hydrogen (secondary N) is 1. The van der Waals surface area contributed by atoms with Crippen LogP contribution in [0.15, 0.2) is 0 Å². The Morgan fingerprint density at radius 1 is 1.00 bits per heavy atom. The maximum atomic E-state index is 12.7. The molecular formula is C6H4BrF9N2O. The Labute approximate surface area is 107 Å². The fraction of sp³-hybridized carbons (Fsp3) is 0.833. The molecule has 0 aromatic rings. The summed E-state index contributed by atoms with van der Waals surface area (Å²) >= 11 is 0.811. The van der Waals surface area contributed by atoms with Crippen molar-refractivity contribution in [2.24, 2.45) is 5.73 Å². The Morgan fingerprint density at radius 3 is 1.63 bits per heavy atom. The van der Waals surface area contributed by atoms with E-state index in [2.05, 4.69) is 10.5 Å². The fourth-order valence-electron chi connectivity index (χ4n) is 0.628. The molecule has 0 heterocycles. The zero-order valence-corrected chi connectivity index (χ0v) is 9.93. The van der Waals surface area contributed by atoms with Crippen molar-refractivity contribution < 1.29 is 44.3 Å². The van der Waals surface area contributed by atoms with Gasteiger partial charge in [0.1, 0.15) is 0 Å². The van der Waals surface area contributed by atoms with E-state index >= 15 is 0 Å². The smallest absolute Gasteiger partial charge is 0.383 e. The summed E-state index contributed by atoms with van der Waals surface area (Å²) in [7, 11) is 0. The number of hydrogen-bond acceptors (Lipinski definition) is 2. The van der Waals surface area contributed by atoms with E-state index in [9.17, 15) is 39.5 Å². The van der Waals surface area contributed by atoms with E-state index in [-0.39, 0.29) is 0 Å². The normalized spacial score (nSPS) is 16.3. The molecule has 0 saturated heterocycles. The third-order valence-electron chi connectivity index (χ3n) is 1.61. The molecular weight excluding hydrogens is 367 g/mol. The first kappa shape index (κ1) is 18.3. The zero-order chi connectivity index (χ0) is 15.9. The highest BCUT2D eigenvalue weighted by Crippen LogP contribution is 2.55. The van der Waals surface area contributed by atoms with E-state index < -0.39 is 35.0 Å². The molecule has 13 heteroatoms. The van der Waals surface area contributed by atoms with Crippen LogP contribution < -0.4 is 5.73 Å². The first-order valence-electron chi connectivity index (χ1n) is 3.94. The predicted octanol–water partition coefficient (Wildman–Crippen LogP) is 3.09. The Bertz CT molecular complexity index is 355. The molecule has 0 fully saturated rings. The van der Waals surface area contributed by atoms with Crippen molar-refractivity contribution in [1.29, 1.82) is 5.41 Å². The number of ether oxygens (including phenoxy) is 1. The Morgan fingerprint density at radius 2 is 1.37 bits per heavy atom. The molecule has 1 unspecified atom stereocenters. The molecule has 1 atom stereocenters.